The molecule has 4 heteroatoms. The second kappa shape index (κ2) is 3.22. The minimum absolute atomic E-state index is 0.0545. The molecule has 0 spiro atoms. The van der Waals surface area contributed by atoms with Crippen molar-refractivity contribution in [3.8, 4) is 0 Å². The first kappa shape index (κ1) is 9.43. The van der Waals surface area contributed by atoms with Crippen molar-refractivity contribution >= 4 is 15.7 Å². The predicted octanol–water partition coefficient (Wildman–Crippen LogP) is 2.11. The monoisotopic (exact) mass is 210 g/mol. The summed E-state index contributed by atoms with van der Waals surface area (Å²) in [6.45, 7) is 0. The Bertz CT molecular complexity index is 469. The molecule has 0 saturated carbocycles. The Morgan fingerprint density at radius 1 is 1.14 bits per heavy atom. The molecule has 1 aliphatic rings. The van der Waals surface area contributed by atoms with Gasteiger partial charge in [0.25, 0.3) is 10.1 Å². The van der Waals surface area contributed by atoms with Crippen molar-refractivity contribution < 1.29 is 13.0 Å². The van der Waals surface area contributed by atoms with Crippen LogP contribution >= 0.6 is 0 Å². The van der Waals surface area contributed by atoms with Gasteiger partial charge in [-0.25, -0.2) is 0 Å². The molecule has 0 atom stereocenters. The van der Waals surface area contributed by atoms with E-state index in [0.717, 1.165) is 18.4 Å². The van der Waals surface area contributed by atoms with E-state index < -0.39 is 10.1 Å². The molecule has 14 heavy (non-hydrogen) atoms. The largest absolute Gasteiger partial charge is 0.294 e. The zero-order valence-corrected chi connectivity index (χ0v) is 8.29. The van der Waals surface area contributed by atoms with Crippen LogP contribution in [0.4, 0.5) is 0 Å². The van der Waals surface area contributed by atoms with Gasteiger partial charge < -0.3 is 0 Å². The molecule has 0 radical (unpaired) electrons. The van der Waals surface area contributed by atoms with E-state index in [9.17, 15) is 8.42 Å². The molecular formula is C10H10O3S. The molecule has 0 fully saturated rings. The van der Waals surface area contributed by atoms with Crippen LogP contribution in [0.25, 0.3) is 5.57 Å². The summed E-state index contributed by atoms with van der Waals surface area (Å²) in [6, 6.07) is 6.27. The smallest absolute Gasteiger partial charge is 0.282 e. The van der Waals surface area contributed by atoms with Gasteiger partial charge in [-0.3, -0.25) is 4.55 Å². The molecule has 0 aliphatic heterocycles. The van der Waals surface area contributed by atoms with Gasteiger partial charge in [-0.15, -0.1) is 0 Å². The number of hydrogen-bond donors (Lipinski definition) is 1. The van der Waals surface area contributed by atoms with Gasteiger partial charge in [0.15, 0.2) is 0 Å². The van der Waals surface area contributed by atoms with E-state index in [0.29, 0.717) is 0 Å². The van der Waals surface area contributed by atoms with Crippen molar-refractivity contribution in [3.63, 3.8) is 0 Å². The number of allylic oxidation sites excluding steroid dienone is 2. The topological polar surface area (TPSA) is 54.4 Å². The highest BCUT2D eigenvalue weighted by Crippen LogP contribution is 2.29. The molecule has 0 bridgehead atoms. The van der Waals surface area contributed by atoms with Crippen molar-refractivity contribution in [2.45, 2.75) is 17.7 Å². The summed E-state index contributed by atoms with van der Waals surface area (Å²) < 4.78 is 30.2. The predicted molar refractivity (Wildman–Crippen MR) is 53.5 cm³/mol. The standard InChI is InChI=1S/C10H10O3S/c11-14(12,13)10-6-4-9(5-7-10)8-2-1-3-8/h2,4-7H,1,3H2,(H,11,12,13). The second-order valence-corrected chi connectivity index (χ2v) is 4.69. The van der Waals surface area contributed by atoms with Crippen LogP contribution in [0, 0.1) is 0 Å². The molecular weight excluding hydrogens is 200 g/mol. The third-order valence-electron chi connectivity index (χ3n) is 2.33. The summed E-state index contributed by atoms with van der Waals surface area (Å²) in [5, 5.41) is 0. The van der Waals surface area contributed by atoms with E-state index >= 15 is 0 Å². The fourth-order valence-electron chi connectivity index (χ4n) is 1.39. The van der Waals surface area contributed by atoms with Crippen molar-refractivity contribution in [2.75, 3.05) is 0 Å². The summed E-state index contributed by atoms with van der Waals surface area (Å²) >= 11 is 0. The minimum Gasteiger partial charge on any atom is -0.282 e. The Balaban J connectivity index is 2.35. The molecule has 1 aromatic rings. The molecule has 1 aromatic carbocycles. The number of hydrogen-bond acceptors (Lipinski definition) is 2. The molecule has 0 unspecified atom stereocenters. The van der Waals surface area contributed by atoms with E-state index in [4.69, 9.17) is 4.55 Å². The Labute approximate surface area is 82.8 Å². The van der Waals surface area contributed by atoms with Gasteiger partial charge in [-0.1, -0.05) is 18.2 Å². The number of benzene rings is 1. The molecule has 0 aromatic heterocycles. The van der Waals surface area contributed by atoms with Crippen LogP contribution < -0.4 is 0 Å². The molecule has 1 aliphatic carbocycles. The van der Waals surface area contributed by atoms with Crippen LogP contribution in [0.1, 0.15) is 18.4 Å². The summed E-state index contributed by atoms with van der Waals surface area (Å²) in [5.74, 6) is 0. The summed E-state index contributed by atoms with van der Waals surface area (Å²) in [7, 11) is -4.05. The van der Waals surface area contributed by atoms with Crippen molar-refractivity contribution in [1.29, 1.82) is 0 Å². The highest BCUT2D eigenvalue weighted by Gasteiger charge is 2.11. The molecule has 2 rings (SSSR count). The van der Waals surface area contributed by atoms with Gasteiger partial charge in [0.1, 0.15) is 0 Å². The second-order valence-electron chi connectivity index (χ2n) is 3.27. The van der Waals surface area contributed by atoms with Gasteiger partial charge in [0, 0.05) is 0 Å². The lowest BCUT2D eigenvalue weighted by atomic mass is 9.92. The molecule has 74 valence electrons. The first-order valence-corrected chi connectivity index (χ1v) is 5.78. The van der Waals surface area contributed by atoms with E-state index in [1.54, 1.807) is 12.1 Å². The summed E-state index contributed by atoms with van der Waals surface area (Å²) in [4.78, 5) is -0.0545. The first-order valence-electron chi connectivity index (χ1n) is 4.34. The van der Waals surface area contributed by atoms with Gasteiger partial charge >= 0.3 is 0 Å². The molecule has 0 heterocycles. The lowest BCUT2D eigenvalue weighted by Gasteiger charge is -2.14. The Morgan fingerprint density at radius 3 is 2.07 bits per heavy atom. The van der Waals surface area contributed by atoms with Crippen LogP contribution in [0.5, 0.6) is 0 Å². The highest BCUT2D eigenvalue weighted by molar-refractivity contribution is 7.85. The maximum absolute atomic E-state index is 10.7. The minimum atomic E-state index is -4.05. The number of rotatable bonds is 2. The van der Waals surface area contributed by atoms with Gasteiger partial charge in [0.2, 0.25) is 0 Å². The first-order chi connectivity index (χ1) is 6.57. The summed E-state index contributed by atoms with van der Waals surface area (Å²) in [6.07, 6.45) is 4.25. The average Bonchev–Trinajstić information content (AvgIpc) is 2.00. The van der Waals surface area contributed by atoms with Crippen LogP contribution in [0.2, 0.25) is 0 Å². The maximum Gasteiger partial charge on any atom is 0.294 e. The highest BCUT2D eigenvalue weighted by atomic mass is 32.2. The fourth-order valence-corrected chi connectivity index (χ4v) is 1.87. The van der Waals surface area contributed by atoms with Crippen LogP contribution in [-0.2, 0) is 10.1 Å². The molecule has 1 N–H and O–H groups in total. The van der Waals surface area contributed by atoms with Gasteiger partial charge in [-0.05, 0) is 36.1 Å². The van der Waals surface area contributed by atoms with Crippen molar-refractivity contribution in [2.24, 2.45) is 0 Å². The van der Waals surface area contributed by atoms with Gasteiger partial charge in [0.05, 0.1) is 4.90 Å². The maximum atomic E-state index is 10.7. The SMILES string of the molecule is O=S(=O)(O)c1ccc(C2=CCC2)cc1. The Morgan fingerprint density at radius 2 is 1.71 bits per heavy atom. The third-order valence-corrected chi connectivity index (χ3v) is 3.20. The molecule has 3 nitrogen and oxygen atoms in total. The molecule has 0 amide bonds. The quantitative estimate of drug-likeness (QED) is 0.760. The molecule has 0 saturated heterocycles. The van der Waals surface area contributed by atoms with Gasteiger partial charge in [-0.2, -0.15) is 8.42 Å². The Hall–Kier alpha value is -1.13. The van der Waals surface area contributed by atoms with Crippen molar-refractivity contribution in [1.82, 2.24) is 0 Å². The lowest BCUT2D eigenvalue weighted by Crippen LogP contribution is -1.99. The third kappa shape index (κ3) is 1.71. The fraction of sp³-hybridized carbons (Fsp3) is 0.200. The summed E-state index contributed by atoms with van der Waals surface area (Å²) in [5.41, 5.74) is 2.27. The van der Waals surface area contributed by atoms with Crippen LogP contribution in [-0.4, -0.2) is 13.0 Å². The van der Waals surface area contributed by atoms with E-state index in [-0.39, 0.29) is 4.90 Å². The van der Waals surface area contributed by atoms with E-state index in [2.05, 4.69) is 6.08 Å². The zero-order valence-electron chi connectivity index (χ0n) is 7.47. The van der Waals surface area contributed by atoms with E-state index in [1.807, 2.05) is 0 Å². The van der Waals surface area contributed by atoms with Crippen LogP contribution in [0.15, 0.2) is 35.2 Å². The zero-order chi connectivity index (χ0) is 10.2. The normalized spacial score (nSPS) is 15.9. The van der Waals surface area contributed by atoms with Crippen molar-refractivity contribution in [3.05, 3.63) is 35.9 Å². The Kier molecular flexibility index (Phi) is 2.17. The average molecular weight is 210 g/mol. The lowest BCUT2D eigenvalue weighted by molar-refractivity contribution is 0.483. The van der Waals surface area contributed by atoms with Crippen LogP contribution in [0.3, 0.4) is 0 Å². The van der Waals surface area contributed by atoms with E-state index in [1.165, 1.54) is 17.7 Å².